The lowest BCUT2D eigenvalue weighted by molar-refractivity contribution is -0.152. The Hall–Kier alpha value is -1.62. The minimum atomic E-state index is -0.582. The van der Waals surface area contributed by atoms with Gasteiger partial charge in [-0.25, -0.2) is 9.59 Å². The number of ether oxygens (including phenoxy) is 3. The molecule has 0 heterocycles. The Balaban J connectivity index is 4.85. The molecule has 5 nitrogen and oxygen atoms in total. The molecule has 0 aromatic carbocycles. The van der Waals surface area contributed by atoms with Gasteiger partial charge in [-0.3, -0.25) is 0 Å². The van der Waals surface area contributed by atoms with Crippen molar-refractivity contribution in [2.75, 3.05) is 26.4 Å². The van der Waals surface area contributed by atoms with Gasteiger partial charge in [0.1, 0.15) is 13.2 Å². The standard InChI is InChI=1S/C18H30O5/c1-7-15(19)22-13-18(10-4,14-23-16(20)8-2)12-21-11-17(5,6)9-3/h7-8H,1-2,9-14H2,3-6H3. The van der Waals surface area contributed by atoms with E-state index in [4.69, 9.17) is 14.2 Å². The van der Waals surface area contributed by atoms with Crippen LogP contribution in [0.2, 0.25) is 0 Å². The number of hydrogen-bond acceptors (Lipinski definition) is 5. The summed E-state index contributed by atoms with van der Waals surface area (Å²) in [4.78, 5) is 22.7. The van der Waals surface area contributed by atoms with Crippen molar-refractivity contribution in [3.8, 4) is 0 Å². The van der Waals surface area contributed by atoms with E-state index in [1.807, 2.05) is 6.92 Å². The number of carbonyl (C=O) groups is 2. The van der Waals surface area contributed by atoms with Crippen LogP contribution in [0.4, 0.5) is 0 Å². The van der Waals surface area contributed by atoms with Crippen molar-refractivity contribution in [2.45, 2.75) is 40.5 Å². The zero-order chi connectivity index (χ0) is 17.9. The molecule has 23 heavy (non-hydrogen) atoms. The average Bonchev–Trinajstić information content (AvgIpc) is 2.56. The lowest BCUT2D eigenvalue weighted by Gasteiger charge is -2.32. The molecule has 0 unspecified atom stereocenters. The number of carbonyl (C=O) groups excluding carboxylic acids is 2. The van der Waals surface area contributed by atoms with Gasteiger partial charge in [0.15, 0.2) is 0 Å². The molecule has 0 radical (unpaired) electrons. The smallest absolute Gasteiger partial charge is 0.330 e. The molecular weight excluding hydrogens is 296 g/mol. The second-order valence-electron chi connectivity index (χ2n) is 6.49. The van der Waals surface area contributed by atoms with Gasteiger partial charge in [0, 0.05) is 12.2 Å². The van der Waals surface area contributed by atoms with Crippen molar-refractivity contribution in [2.24, 2.45) is 10.8 Å². The maximum Gasteiger partial charge on any atom is 0.330 e. The molecule has 0 saturated carbocycles. The number of hydrogen-bond donors (Lipinski definition) is 0. The molecule has 0 rings (SSSR count). The van der Waals surface area contributed by atoms with Crippen LogP contribution in [-0.4, -0.2) is 38.4 Å². The molecule has 0 bridgehead atoms. The second kappa shape index (κ2) is 10.2. The first kappa shape index (κ1) is 21.4. The van der Waals surface area contributed by atoms with Crippen LogP contribution in [0.15, 0.2) is 25.3 Å². The van der Waals surface area contributed by atoms with E-state index < -0.39 is 17.4 Å². The predicted molar refractivity (Wildman–Crippen MR) is 89.9 cm³/mol. The highest BCUT2D eigenvalue weighted by molar-refractivity contribution is 5.81. The Morgan fingerprint density at radius 1 is 0.870 bits per heavy atom. The van der Waals surface area contributed by atoms with Crippen LogP contribution in [0, 0.1) is 10.8 Å². The lowest BCUT2D eigenvalue weighted by atomic mass is 9.87. The van der Waals surface area contributed by atoms with E-state index >= 15 is 0 Å². The van der Waals surface area contributed by atoms with Gasteiger partial charge in [-0.05, 0) is 18.3 Å². The highest BCUT2D eigenvalue weighted by Gasteiger charge is 2.33. The number of esters is 2. The van der Waals surface area contributed by atoms with Crippen molar-refractivity contribution < 1.29 is 23.8 Å². The molecule has 132 valence electrons. The first-order valence-electron chi connectivity index (χ1n) is 7.90. The molecule has 0 atom stereocenters. The summed E-state index contributed by atoms with van der Waals surface area (Å²) in [6.45, 7) is 16.2. The topological polar surface area (TPSA) is 61.8 Å². The molecule has 0 fully saturated rings. The maximum atomic E-state index is 11.3. The van der Waals surface area contributed by atoms with Gasteiger partial charge in [0.2, 0.25) is 0 Å². The summed E-state index contributed by atoms with van der Waals surface area (Å²) in [6, 6.07) is 0. The van der Waals surface area contributed by atoms with Gasteiger partial charge in [-0.1, -0.05) is 40.9 Å². The van der Waals surface area contributed by atoms with Gasteiger partial charge in [0.25, 0.3) is 0 Å². The molecule has 0 aliphatic carbocycles. The Bertz CT molecular complexity index is 388. The van der Waals surface area contributed by atoms with Crippen molar-refractivity contribution in [3.63, 3.8) is 0 Å². The Kier molecular flexibility index (Phi) is 9.49. The molecule has 0 spiro atoms. The zero-order valence-corrected chi connectivity index (χ0v) is 14.9. The third kappa shape index (κ3) is 8.55. The predicted octanol–water partition coefficient (Wildman–Crippen LogP) is 3.29. The summed E-state index contributed by atoms with van der Waals surface area (Å²) >= 11 is 0. The van der Waals surface area contributed by atoms with E-state index in [0.717, 1.165) is 18.6 Å². The summed E-state index contributed by atoms with van der Waals surface area (Å²) in [5.41, 5.74) is -0.518. The third-order valence-corrected chi connectivity index (χ3v) is 3.98. The molecule has 0 saturated heterocycles. The molecule has 0 amide bonds. The molecule has 5 heteroatoms. The molecular formula is C18H30O5. The highest BCUT2D eigenvalue weighted by atomic mass is 16.6. The minimum Gasteiger partial charge on any atom is -0.462 e. The van der Waals surface area contributed by atoms with E-state index in [0.29, 0.717) is 19.6 Å². The van der Waals surface area contributed by atoms with Crippen LogP contribution in [-0.2, 0) is 23.8 Å². The number of rotatable bonds is 12. The van der Waals surface area contributed by atoms with Crippen molar-refractivity contribution in [1.29, 1.82) is 0 Å². The summed E-state index contributed by atoms with van der Waals surface area (Å²) in [5, 5.41) is 0. The average molecular weight is 326 g/mol. The summed E-state index contributed by atoms with van der Waals surface area (Å²) in [7, 11) is 0. The SMILES string of the molecule is C=CC(=O)OCC(CC)(COCC(C)(C)CC)COC(=O)C=C. The molecule has 0 aliphatic rings. The second-order valence-corrected chi connectivity index (χ2v) is 6.49. The van der Waals surface area contributed by atoms with Gasteiger partial charge in [-0.15, -0.1) is 0 Å². The van der Waals surface area contributed by atoms with Gasteiger partial charge in [0.05, 0.1) is 18.6 Å². The van der Waals surface area contributed by atoms with Crippen LogP contribution in [0.25, 0.3) is 0 Å². The van der Waals surface area contributed by atoms with Crippen LogP contribution >= 0.6 is 0 Å². The van der Waals surface area contributed by atoms with Crippen molar-refractivity contribution in [3.05, 3.63) is 25.3 Å². The highest BCUT2D eigenvalue weighted by Crippen LogP contribution is 2.27. The van der Waals surface area contributed by atoms with E-state index in [1.165, 1.54) is 0 Å². The van der Waals surface area contributed by atoms with E-state index in [1.54, 1.807) is 0 Å². The van der Waals surface area contributed by atoms with Crippen molar-refractivity contribution >= 4 is 11.9 Å². The van der Waals surface area contributed by atoms with Crippen LogP contribution < -0.4 is 0 Å². The molecule has 0 aliphatic heterocycles. The largest absolute Gasteiger partial charge is 0.462 e. The Morgan fingerprint density at radius 2 is 1.35 bits per heavy atom. The van der Waals surface area contributed by atoms with E-state index in [-0.39, 0.29) is 18.6 Å². The fourth-order valence-electron chi connectivity index (χ4n) is 1.64. The monoisotopic (exact) mass is 326 g/mol. The van der Waals surface area contributed by atoms with Crippen molar-refractivity contribution in [1.82, 2.24) is 0 Å². The summed E-state index contributed by atoms with van der Waals surface area (Å²) < 4.78 is 16.2. The van der Waals surface area contributed by atoms with Crippen LogP contribution in [0.5, 0.6) is 0 Å². The van der Waals surface area contributed by atoms with Crippen LogP contribution in [0.1, 0.15) is 40.5 Å². The Labute approximate surface area is 139 Å². The first-order chi connectivity index (χ1) is 10.7. The fourth-order valence-corrected chi connectivity index (χ4v) is 1.64. The minimum absolute atomic E-state index is 0.0646. The van der Waals surface area contributed by atoms with Gasteiger partial charge in [-0.2, -0.15) is 0 Å². The quantitative estimate of drug-likeness (QED) is 0.407. The van der Waals surface area contributed by atoms with Gasteiger partial charge >= 0.3 is 11.9 Å². The maximum absolute atomic E-state index is 11.3. The van der Waals surface area contributed by atoms with Crippen LogP contribution in [0.3, 0.4) is 0 Å². The summed E-state index contributed by atoms with van der Waals surface area (Å²) in [6.07, 6.45) is 3.84. The fraction of sp³-hybridized carbons (Fsp3) is 0.667. The van der Waals surface area contributed by atoms with Gasteiger partial charge < -0.3 is 14.2 Å². The zero-order valence-electron chi connectivity index (χ0n) is 14.9. The lowest BCUT2D eigenvalue weighted by Crippen LogP contribution is -2.39. The molecule has 0 N–H and O–H groups in total. The van der Waals surface area contributed by atoms with E-state index in [2.05, 4.69) is 33.9 Å². The first-order valence-corrected chi connectivity index (χ1v) is 7.90. The molecule has 0 aromatic rings. The Morgan fingerprint density at radius 3 is 1.70 bits per heavy atom. The van der Waals surface area contributed by atoms with E-state index in [9.17, 15) is 9.59 Å². The summed E-state index contributed by atoms with van der Waals surface area (Å²) in [5.74, 6) is -1.02. The normalized spacial score (nSPS) is 11.7. The third-order valence-electron chi connectivity index (χ3n) is 3.98. The molecule has 0 aromatic heterocycles.